The third-order valence-corrected chi connectivity index (χ3v) is 5.97. The summed E-state index contributed by atoms with van der Waals surface area (Å²) >= 11 is 7.31. The molecule has 1 aliphatic rings. The molecule has 0 aliphatic carbocycles. The van der Waals surface area contributed by atoms with E-state index >= 15 is 0 Å². The average Bonchev–Trinajstić information content (AvgIpc) is 3.24. The van der Waals surface area contributed by atoms with Crippen LogP contribution in [0.3, 0.4) is 0 Å². The molecule has 0 radical (unpaired) electrons. The second-order valence-electron chi connectivity index (χ2n) is 6.80. The Kier molecular flexibility index (Phi) is 5.49. The Balaban J connectivity index is 1.96. The number of benzene rings is 1. The first-order chi connectivity index (χ1) is 14.4. The molecule has 6 nitrogen and oxygen atoms in total. The zero-order chi connectivity index (χ0) is 21.4. The van der Waals surface area contributed by atoms with E-state index in [9.17, 15) is 9.59 Å². The van der Waals surface area contributed by atoms with Gasteiger partial charge in [0.25, 0.3) is 5.56 Å². The van der Waals surface area contributed by atoms with E-state index in [1.54, 1.807) is 50.3 Å². The lowest BCUT2D eigenvalue weighted by atomic mass is 9.96. The van der Waals surface area contributed by atoms with Crippen LogP contribution in [-0.4, -0.2) is 17.1 Å². The number of halogens is 1. The molecule has 3 aromatic rings. The molecule has 154 valence electrons. The summed E-state index contributed by atoms with van der Waals surface area (Å²) in [4.78, 5) is 31.2. The van der Waals surface area contributed by atoms with E-state index in [1.165, 1.54) is 15.9 Å². The van der Waals surface area contributed by atoms with E-state index in [1.807, 2.05) is 13.0 Å². The summed E-state index contributed by atoms with van der Waals surface area (Å²) in [5.74, 6) is 0.852. The van der Waals surface area contributed by atoms with Crippen LogP contribution in [0.5, 0.6) is 0 Å². The zero-order valence-corrected chi connectivity index (χ0v) is 18.2. The first kappa shape index (κ1) is 20.4. The van der Waals surface area contributed by atoms with Gasteiger partial charge in [-0.1, -0.05) is 35.1 Å². The fraction of sp³-hybridized carbons (Fsp3) is 0.227. The summed E-state index contributed by atoms with van der Waals surface area (Å²) in [6.07, 6.45) is 1.69. The normalized spacial score (nSPS) is 16.4. The van der Waals surface area contributed by atoms with Crippen molar-refractivity contribution >= 4 is 35.0 Å². The van der Waals surface area contributed by atoms with Gasteiger partial charge in [0.1, 0.15) is 11.5 Å². The van der Waals surface area contributed by atoms with Gasteiger partial charge in [-0.2, -0.15) is 0 Å². The van der Waals surface area contributed by atoms with E-state index in [0.29, 0.717) is 31.4 Å². The molecule has 0 saturated heterocycles. The van der Waals surface area contributed by atoms with Gasteiger partial charge in [-0.25, -0.2) is 9.79 Å². The smallest absolute Gasteiger partial charge is 0.338 e. The highest BCUT2D eigenvalue weighted by atomic mass is 35.5. The minimum Gasteiger partial charge on any atom is -0.463 e. The van der Waals surface area contributed by atoms with Gasteiger partial charge < -0.3 is 9.15 Å². The molecule has 0 amide bonds. The number of ether oxygens (including phenoxy) is 1. The van der Waals surface area contributed by atoms with Crippen LogP contribution in [-0.2, 0) is 9.53 Å². The van der Waals surface area contributed by atoms with E-state index in [0.717, 1.165) is 11.3 Å². The largest absolute Gasteiger partial charge is 0.463 e. The molecular formula is C22H19ClN2O4S. The number of thiazole rings is 1. The topological polar surface area (TPSA) is 73.8 Å². The number of hydrogen-bond donors (Lipinski definition) is 0. The number of nitrogens with zero attached hydrogens (tertiary/aromatic N) is 2. The number of fused-ring (bicyclic) bond motifs is 1. The summed E-state index contributed by atoms with van der Waals surface area (Å²) in [6.45, 7) is 5.56. The van der Waals surface area contributed by atoms with Crippen LogP contribution in [0.15, 0.2) is 61.9 Å². The van der Waals surface area contributed by atoms with Crippen molar-refractivity contribution in [1.82, 2.24) is 4.57 Å². The molecule has 0 spiro atoms. The molecule has 30 heavy (non-hydrogen) atoms. The van der Waals surface area contributed by atoms with Gasteiger partial charge in [0.2, 0.25) is 0 Å². The predicted molar refractivity (Wildman–Crippen MR) is 115 cm³/mol. The summed E-state index contributed by atoms with van der Waals surface area (Å²) in [6, 6.07) is 10.1. The highest BCUT2D eigenvalue weighted by molar-refractivity contribution is 7.07. The number of aromatic nitrogens is 1. The molecule has 0 N–H and O–H groups in total. The fourth-order valence-electron chi connectivity index (χ4n) is 3.41. The standard InChI is InChI=1S/C22H19ClN2O4S/c1-4-28-21(27)18-13(3)24-22-25(19(18)14-6-8-15(23)9-7-14)20(26)17(30-22)11-16-10-5-12(2)29-16/h5-11,19H,4H2,1-3H3/b17-11+. The van der Waals surface area contributed by atoms with Crippen molar-refractivity contribution < 1.29 is 13.9 Å². The molecular weight excluding hydrogens is 424 g/mol. The Labute approximate surface area is 181 Å². The van der Waals surface area contributed by atoms with Crippen LogP contribution in [0.1, 0.15) is 37.0 Å². The number of esters is 1. The highest BCUT2D eigenvalue weighted by Gasteiger charge is 2.33. The molecule has 4 rings (SSSR count). The Morgan fingerprint density at radius 3 is 2.63 bits per heavy atom. The van der Waals surface area contributed by atoms with E-state index in [-0.39, 0.29) is 12.2 Å². The van der Waals surface area contributed by atoms with Crippen molar-refractivity contribution in [1.29, 1.82) is 0 Å². The van der Waals surface area contributed by atoms with Crippen molar-refractivity contribution in [2.45, 2.75) is 26.8 Å². The van der Waals surface area contributed by atoms with Crippen LogP contribution in [0.2, 0.25) is 5.02 Å². The van der Waals surface area contributed by atoms with E-state index in [4.69, 9.17) is 20.8 Å². The number of carbonyl (C=O) groups excluding carboxylic acids is 1. The quantitative estimate of drug-likeness (QED) is 0.581. The van der Waals surface area contributed by atoms with E-state index < -0.39 is 12.0 Å². The molecule has 1 atom stereocenters. The minimum absolute atomic E-state index is 0.227. The zero-order valence-electron chi connectivity index (χ0n) is 16.6. The third-order valence-electron chi connectivity index (χ3n) is 4.74. The number of rotatable bonds is 4. The van der Waals surface area contributed by atoms with Gasteiger partial charge in [-0.15, -0.1) is 0 Å². The monoisotopic (exact) mass is 442 g/mol. The highest BCUT2D eigenvalue weighted by Crippen LogP contribution is 2.31. The molecule has 1 unspecified atom stereocenters. The lowest BCUT2D eigenvalue weighted by molar-refractivity contribution is -0.139. The van der Waals surface area contributed by atoms with Gasteiger partial charge in [-0.05, 0) is 50.6 Å². The SMILES string of the molecule is CCOC(=O)C1=C(C)N=c2s/c(=C/c3ccc(C)o3)c(=O)n2C1c1ccc(Cl)cc1. The lowest BCUT2D eigenvalue weighted by Crippen LogP contribution is -2.39. The van der Waals surface area contributed by atoms with Crippen LogP contribution in [0.4, 0.5) is 0 Å². The van der Waals surface area contributed by atoms with Crippen molar-refractivity contribution in [2.24, 2.45) is 4.99 Å². The van der Waals surface area contributed by atoms with Crippen LogP contribution in [0.25, 0.3) is 6.08 Å². The van der Waals surface area contributed by atoms with Crippen molar-refractivity contribution in [3.8, 4) is 0 Å². The maximum absolute atomic E-state index is 13.3. The Morgan fingerprint density at radius 1 is 1.27 bits per heavy atom. The second kappa shape index (κ2) is 8.08. The molecule has 1 aromatic carbocycles. The van der Waals surface area contributed by atoms with Crippen LogP contribution in [0, 0.1) is 6.92 Å². The number of hydrogen-bond acceptors (Lipinski definition) is 6. The van der Waals surface area contributed by atoms with Gasteiger partial charge in [-0.3, -0.25) is 9.36 Å². The van der Waals surface area contributed by atoms with Gasteiger partial charge in [0.15, 0.2) is 4.80 Å². The maximum Gasteiger partial charge on any atom is 0.338 e. The number of carbonyl (C=O) groups is 1. The fourth-order valence-corrected chi connectivity index (χ4v) is 4.56. The first-order valence-electron chi connectivity index (χ1n) is 9.40. The third kappa shape index (κ3) is 3.66. The summed E-state index contributed by atoms with van der Waals surface area (Å²) < 4.78 is 12.9. The van der Waals surface area contributed by atoms with Crippen molar-refractivity contribution in [2.75, 3.05) is 6.61 Å². The summed E-state index contributed by atoms with van der Waals surface area (Å²) in [7, 11) is 0. The molecule has 0 fully saturated rings. The minimum atomic E-state index is -0.655. The predicted octanol–water partition coefficient (Wildman–Crippen LogP) is 3.35. The molecule has 0 bridgehead atoms. The molecule has 0 saturated carbocycles. The Morgan fingerprint density at radius 2 is 2.00 bits per heavy atom. The van der Waals surface area contributed by atoms with Crippen molar-refractivity contribution in [3.05, 3.63) is 89.5 Å². The second-order valence-corrected chi connectivity index (χ2v) is 8.25. The first-order valence-corrected chi connectivity index (χ1v) is 10.6. The van der Waals surface area contributed by atoms with Crippen molar-refractivity contribution in [3.63, 3.8) is 0 Å². The molecule has 2 aromatic heterocycles. The van der Waals surface area contributed by atoms with Gasteiger partial charge >= 0.3 is 5.97 Å². The molecule has 3 heterocycles. The average molecular weight is 443 g/mol. The Hall–Kier alpha value is -2.90. The number of allylic oxidation sites excluding steroid dienone is 1. The maximum atomic E-state index is 13.3. The lowest BCUT2D eigenvalue weighted by Gasteiger charge is -2.24. The summed E-state index contributed by atoms with van der Waals surface area (Å²) in [5.41, 5.74) is 1.36. The van der Waals surface area contributed by atoms with Gasteiger partial charge in [0, 0.05) is 11.1 Å². The number of aryl methyl sites for hydroxylation is 1. The van der Waals surface area contributed by atoms with E-state index in [2.05, 4.69) is 4.99 Å². The Bertz CT molecular complexity index is 1330. The molecule has 1 aliphatic heterocycles. The summed E-state index contributed by atoms with van der Waals surface area (Å²) in [5, 5.41) is 0.567. The molecule has 8 heteroatoms. The van der Waals surface area contributed by atoms with Gasteiger partial charge in [0.05, 0.1) is 28.5 Å². The van der Waals surface area contributed by atoms with Crippen LogP contribution >= 0.6 is 22.9 Å². The van der Waals surface area contributed by atoms with Crippen LogP contribution < -0.4 is 14.9 Å². The number of furan rings is 1.